The van der Waals surface area contributed by atoms with Crippen LogP contribution < -0.4 is 0 Å². The highest BCUT2D eigenvalue weighted by Gasteiger charge is 2.23. The second kappa shape index (κ2) is 14.5. The molecule has 0 radical (unpaired) electrons. The lowest BCUT2D eigenvalue weighted by molar-refractivity contribution is 0.589. The third kappa shape index (κ3) is 6.44. The van der Waals surface area contributed by atoms with Crippen molar-refractivity contribution >= 4 is 33.6 Å². The molecule has 0 saturated carbocycles. The Morgan fingerprint density at radius 2 is 1.18 bits per heavy atom. The van der Waals surface area contributed by atoms with Gasteiger partial charge in [0.1, 0.15) is 23.3 Å². The molecule has 0 amide bonds. The van der Waals surface area contributed by atoms with Crippen LogP contribution in [-0.2, 0) is 0 Å². The summed E-state index contributed by atoms with van der Waals surface area (Å²) in [5.41, 5.74) is 4.87. The minimum atomic E-state index is -0.899. The standard InChI is InChI=1S/C47H30F4N6/c1-3-8-27-14-12-26-13-17-31(21-34(26)42(27)52-2)40-35(48)22-32(23-36(40)49)46-55-45(30-9-5-4-6-10-30)56-47(57-46)33-24-37(50)41(38(51)25-33)39-19-18-29-16-15-28-11-7-20-53-43(28)44(29)54-39/h4-25H,3H2,1-2H3/b27-8-,52-42?. The maximum Gasteiger partial charge on any atom is 0.164 e. The Labute approximate surface area is 324 Å². The van der Waals surface area contributed by atoms with E-state index in [0.717, 1.165) is 63.9 Å². The zero-order valence-electron chi connectivity index (χ0n) is 30.6. The molecule has 3 heterocycles. The van der Waals surface area contributed by atoms with Gasteiger partial charge < -0.3 is 0 Å². The van der Waals surface area contributed by atoms with Gasteiger partial charge in [-0.3, -0.25) is 9.98 Å². The first kappa shape index (κ1) is 35.5. The highest BCUT2D eigenvalue weighted by molar-refractivity contribution is 6.19. The SMILES string of the molecule is CC/C=C1/C=Cc2ccc(-c3c(F)cc(-c4nc(-c5ccccc5)nc(-c5cc(F)c(-c6ccc7ccc8cccnc8c7n6)c(F)c5)n4)cc3F)cc2C1=NC. The summed E-state index contributed by atoms with van der Waals surface area (Å²) in [6.45, 7) is 2.03. The van der Waals surface area contributed by atoms with E-state index < -0.39 is 23.3 Å². The quantitative estimate of drug-likeness (QED) is 0.125. The van der Waals surface area contributed by atoms with Crippen LogP contribution in [0.5, 0.6) is 0 Å². The van der Waals surface area contributed by atoms with Crippen molar-refractivity contribution in [3.8, 4) is 56.5 Å². The second-order valence-electron chi connectivity index (χ2n) is 13.5. The van der Waals surface area contributed by atoms with Crippen LogP contribution in [0, 0.1) is 23.3 Å². The monoisotopic (exact) mass is 754 g/mol. The number of aliphatic imine (C=N–C) groups is 1. The van der Waals surface area contributed by atoms with E-state index >= 15 is 17.6 Å². The van der Waals surface area contributed by atoms with Crippen molar-refractivity contribution in [1.29, 1.82) is 0 Å². The Hall–Kier alpha value is -7.20. The summed E-state index contributed by atoms with van der Waals surface area (Å²) in [7, 11) is 1.69. The van der Waals surface area contributed by atoms with E-state index in [1.54, 1.807) is 67.8 Å². The number of benzene rings is 5. The minimum absolute atomic E-state index is 0.00644. The molecule has 0 N–H and O–H groups in total. The summed E-state index contributed by atoms with van der Waals surface area (Å²) in [4.78, 5) is 27.2. The van der Waals surface area contributed by atoms with Gasteiger partial charge in [0, 0.05) is 46.3 Å². The van der Waals surface area contributed by atoms with Crippen molar-refractivity contribution in [3.63, 3.8) is 0 Å². The van der Waals surface area contributed by atoms with Crippen molar-refractivity contribution in [2.75, 3.05) is 7.05 Å². The molecule has 0 unspecified atom stereocenters. The fraction of sp³-hybridized carbons (Fsp3) is 0.0638. The summed E-state index contributed by atoms with van der Waals surface area (Å²) in [5.74, 6) is -3.52. The largest absolute Gasteiger partial charge is 0.287 e. The van der Waals surface area contributed by atoms with Crippen LogP contribution >= 0.6 is 0 Å². The van der Waals surface area contributed by atoms with Crippen LogP contribution in [0.1, 0.15) is 24.5 Å². The van der Waals surface area contributed by atoms with E-state index in [4.69, 9.17) is 0 Å². The Morgan fingerprint density at radius 1 is 0.561 bits per heavy atom. The zero-order chi connectivity index (χ0) is 39.2. The maximum atomic E-state index is 16.2. The van der Waals surface area contributed by atoms with E-state index in [2.05, 4.69) is 36.0 Å². The second-order valence-corrected chi connectivity index (χ2v) is 13.5. The molecule has 0 spiro atoms. The van der Waals surface area contributed by atoms with Gasteiger partial charge >= 0.3 is 0 Å². The first-order chi connectivity index (χ1) is 27.8. The van der Waals surface area contributed by atoms with Crippen LogP contribution in [0.4, 0.5) is 17.6 Å². The van der Waals surface area contributed by atoms with Gasteiger partial charge in [0.2, 0.25) is 0 Å². The molecule has 0 saturated heterocycles. The predicted molar refractivity (Wildman–Crippen MR) is 217 cm³/mol. The zero-order valence-corrected chi connectivity index (χ0v) is 30.6. The van der Waals surface area contributed by atoms with Gasteiger partial charge in [0.15, 0.2) is 17.5 Å². The first-order valence-electron chi connectivity index (χ1n) is 18.2. The summed E-state index contributed by atoms with van der Waals surface area (Å²) < 4.78 is 64.5. The lowest BCUT2D eigenvalue weighted by Crippen LogP contribution is -2.10. The number of rotatable bonds is 6. The van der Waals surface area contributed by atoms with E-state index in [1.807, 2.05) is 49.4 Å². The van der Waals surface area contributed by atoms with Gasteiger partial charge in [-0.1, -0.05) is 91.9 Å². The predicted octanol–water partition coefficient (Wildman–Crippen LogP) is 11.6. The average Bonchev–Trinajstić information content (AvgIpc) is 3.23. The van der Waals surface area contributed by atoms with Crippen molar-refractivity contribution in [2.45, 2.75) is 13.3 Å². The first-order valence-corrected chi connectivity index (χ1v) is 18.2. The number of aromatic nitrogens is 5. The third-order valence-corrected chi connectivity index (χ3v) is 9.92. The van der Waals surface area contributed by atoms with E-state index in [1.165, 1.54) is 0 Å². The average molecular weight is 755 g/mol. The normalized spacial score (nSPS) is 13.9. The number of nitrogens with zero attached hydrogens (tertiary/aromatic N) is 6. The van der Waals surface area contributed by atoms with Crippen LogP contribution in [0.3, 0.4) is 0 Å². The van der Waals surface area contributed by atoms with Gasteiger partial charge in [-0.05, 0) is 65.6 Å². The number of halogens is 4. The fourth-order valence-corrected chi connectivity index (χ4v) is 7.25. The molecule has 276 valence electrons. The molecular weight excluding hydrogens is 725 g/mol. The third-order valence-electron chi connectivity index (χ3n) is 9.92. The Balaban J connectivity index is 1.13. The molecule has 8 aromatic rings. The minimum Gasteiger partial charge on any atom is -0.287 e. The Morgan fingerprint density at radius 3 is 1.82 bits per heavy atom. The van der Waals surface area contributed by atoms with Crippen LogP contribution in [0.15, 0.2) is 138 Å². The van der Waals surface area contributed by atoms with Crippen LogP contribution in [0.25, 0.3) is 84.4 Å². The van der Waals surface area contributed by atoms with E-state index in [-0.39, 0.29) is 45.4 Å². The Kier molecular flexibility index (Phi) is 9.01. The molecule has 1 aliphatic rings. The maximum absolute atomic E-state index is 16.2. The Bertz CT molecular complexity index is 2970. The van der Waals surface area contributed by atoms with Crippen molar-refractivity contribution in [2.24, 2.45) is 4.99 Å². The number of allylic oxidation sites excluding steroid dienone is 3. The van der Waals surface area contributed by atoms with E-state index in [0.29, 0.717) is 22.2 Å². The lowest BCUT2D eigenvalue weighted by Gasteiger charge is -2.18. The number of pyridine rings is 2. The molecule has 0 atom stereocenters. The van der Waals surface area contributed by atoms with Gasteiger partial charge in [-0.2, -0.15) is 0 Å². The van der Waals surface area contributed by atoms with Crippen molar-refractivity contribution < 1.29 is 17.6 Å². The summed E-state index contributed by atoms with van der Waals surface area (Å²) in [6.07, 6.45) is 8.43. The molecule has 10 heteroatoms. The smallest absolute Gasteiger partial charge is 0.164 e. The molecule has 3 aromatic heterocycles. The van der Waals surface area contributed by atoms with Crippen LogP contribution in [0.2, 0.25) is 0 Å². The number of fused-ring (bicyclic) bond motifs is 4. The van der Waals surface area contributed by atoms with Gasteiger partial charge in [0.25, 0.3) is 0 Å². The topological polar surface area (TPSA) is 76.8 Å². The van der Waals surface area contributed by atoms with E-state index in [9.17, 15) is 0 Å². The molecule has 0 aliphatic heterocycles. The van der Waals surface area contributed by atoms with Crippen molar-refractivity contribution in [3.05, 3.63) is 168 Å². The summed E-state index contributed by atoms with van der Waals surface area (Å²) >= 11 is 0. The molecule has 6 nitrogen and oxygen atoms in total. The van der Waals surface area contributed by atoms with Gasteiger partial charge in [-0.25, -0.2) is 37.5 Å². The van der Waals surface area contributed by atoms with Crippen LogP contribution in [-0.4, -0.2) is 37.7 Å². The van der Waals surface area contributed by atoms with Gasteiger partial charge in [0.05, 0.1) is 33.6 Å². The lowest BCUT2D eigenvalue weighted by atomic mass is 9.88. The molecule has 5 aromatic carbocycles. The highest BCUT2D eigenvalue weighted by Crippen LogP contribution is 2.36. The number of hydrogen-bond donors (Lipinski definition) is 0. The van der Waals surface area contributed by atoms with Gasteiger partial charge in [-0.15, -0.1) is 0 Å². The molecule has 0 bridgehead atoms. The van der Waals surface area contributed by atoms with Crippen molar-refractivity contribution in [1.82, 2.24) is 24.9 Å². The highest BCUT2D eigenvalue weighted by atomic mass is 19.1. The molecule has 1 aliphatic carbocycles. The summed E-state index contributed by atoms with van der Waals surface area (Å²) in [6, 6.07) is 29.4. The molecular formula is C47H30F4N6. The number of hydrogen-bond acceptors (Lipinski definition) is 6. The molecule has 57 heavy (non-hydrogen) atoms. The summed E-state index contributed by atoms with van der Waals surface area (Å²) in [5, 5.41) is 1.61. The fourth-order valence-electron chi connectivity index (χ4n) is 7.25. The molecule has 0 fully saturated rings. The molecule has 9 rings (SSSR count).